The molecule has 0 aliphatic carbocycles. The predicted molar refractivity (Wildman–Crippen MR) is 162 cm³/mol. The molecule has 5 heterocycles. The van der Waals surface area contributed by atoms with Crippen molar-refractivity contribution >= 4 is 23.3 Å². The van der Waals surface area contributed by atoms with Crippen molar-refractivity contribution in [3.05, 3.63) is 77.5 Å². The largest absolute Gasteiger partial charge is 0.486 e. The van der Waals surface area contributed by atoms with E-state index >= 15 is 0 Å². The first-order valence-electron chi connectivity index (χ1n) is 14.6. The fourth-order valence-corrected chi connectivity index (χ4v) is 5.92. The van der Waals surface area contributed by atoms with Crippen LogP contribution >= 0.6 is 11.6 Å². The number of nitrogens with one attached hydrogen (secondary N) is 1. The fourth-order valence-electron chi connectivity index (χ4n) is 5.75. The highest BCUT2D eigenvalue weighted by Gasteiger charge is 2.31. The van der Waals surface area contributed by atoms with Crippen LogP contribution in [0, 0.1) is 0 Å². The number of amides is 1. The molecule has 7 rings (SSSR count). The SMILES string of the molecule is O=C(CC1CN(Cc2ccc3c(c2)OCO3)CCN1c1cc(Cl)nc(-n2ccnc2)n1)NCCc1ccc2c(c1)OCCO2. The Hall–Kier alpha value is -4.55. The van der Waals surface area contributed by atoms with E-state index in [2.05, 4.69) is 31.2 Å². The number of halogens is 1. The van der Waals surface area contributed by atoms with Gasteiger partial charge in [0.25, 0.3) is 0 Å². The molecular formula is C31H32ClN7O5. The topological polar surface area (TPSA) is 116 Å². The summed E-state index contributed by atoms with van der Waals surface area (Å²) in [5, 5.41) is 3.43. The van der Waals surface area contributed by atoms with E-state index in [1.807, 2.05) is 30.3 Å². The average Bonchev–Trinajstić information content (AvgIpc) is 3.74. The first kappa shape index (κ1) is 28.2. The van der Waals surface area contributed by atoms with E-state index in [0.29, 0.717) is 62.6 Å². The second-order valence-corrected chi connectivity index (χ2v) is 11.3. The zero-order valence-electron chi connectivity index (χ0n) is 24.0. The molecule has 0 radical (unpaired) electrons. The second kappa shape index (κ2) is 12.6. The summed E-state index contributed by atoms with van der Waals surface area (Å²) in [7, 11) is 0. The van der Waals surface area contributed by atoms with Crippen LogP contribution in [0.2, 0.25) is 5.15 Å². The lowest BCUT2D eigenvalue weighted by Crippen LogP contribution is -2.54. The van der Waals surface area contributed by atoms with Crippen LogP contribution in [0.4, 0.5) is 5.82 Å². The van der Waals surface area contributed by atoms with Crippen LogP contribution in [0.5, 0.6) is 23.0 Å². The average molecular weight is 618 g/mol. The highest BCUT2D eigenvalue weighted by atomic mass is 35.5. The highest BCUT2D eigenvalue weighted by Crippen LogP contribution is 2.34. The number of carbonyl (C=O) groups excluding carboxylic acids is 1. The number of carbonyl (C=O) groups is 1. The number of ether oxygens (including phenoxy) is 4. The summed E-state index contributed by atoms with van der Waals surface area (Å²) in [5.41, 5.74) is 2.20. The third kappa shape index (κ3) is 6.36. The van der Waals surface area contributed by atoms with Gasteiger partial charge in [0, 0.05) is 57.6 Å². The van der Waals surface area contributed by atoms with Crippen molar-refractivity contribution in [1.29, 1.82) is 0 Å². The summed E-state index contributed by atoms with van der Waals surface area (Å²) < 4.78 is 24.1. The molecule has 2 aromatic carbocycles. The molecule has 1 atom stereocenters. The van der Waals surface area contributed by atoms with Gasteiger partial charge >= 0.3 is 0 Å². The second-order valence-electron chi connectivity index (χ2n) is 10.9. The lowest BCUT2D eigenvalue weighted by molar-refractivity contribution is -0.121. The quantitative estimate of drug-likeness (QED) is 0.281. The molecule has 0 bridgehead atoms. The maximum Gasteiger partial charge on any atom is 0.238 e. The van der Waals surface area contributed by atoms with Gasteiger partial charge in [0.1, 0.15) is 30.5 Å². The fraction of sp³-hybridized carbons (Fsp3) is 0.355. The van der Waals surface area contributed by atoms with Gasteiger partial charge in [-0.3, -0.25) is 14.3 Å². The number of anilines is 1. The summed E-state index contributed by atoms with van der Waals surface area (Å²) in [5.74, 6) is 4.10. The Morgan fingerprint density at radius 2 is 1.70 bits per heavy atom. The number of aromatic nitrogens is 4. The number of imidazole rings is 1. The first-order valence-corrected chi connectivity index (χ1v) is 15.0. The molecule has 3 aliphatic rings. The van der Waals surface area contributed by atoms with Gasteiger partial charge in [-0.15, -0.1) is 0 Å². The van der Waals surface area contributed by atoms with E-state index in [9.17, 15) is 4.79 Å². The molecular weight excluding hydrogens is 586 g/mol. The smallest absolute Gasteiger partial charge is 0.238 e. The van der Waals surface area contributed by atoms with Crippen molar-refractivity contribution in [3.8, 4) is 28.9 Å². The minimum atomic E-state index is -0.145. The maximum absolute atomic E-state index is 13.3. The van der Waals surface area contributed by atoms with Crippen LogP contribution in [-0.2, 0) is 17.8 Å². The van der Waals surface area contributed by atoms with Gasteiger partial charge in [-0.05, 0) is 41.8 Å². The standard InChI is InChI=1S/C31H32ClN7O5/c32-28-16-29(36-31(35-28)38-8-7-33-19-38)39-10-9-37(17-22-2-4-25-27(14-22)44-20-43-25)18-23(39)15-30(40)34-6-5-21-1-3-24-26(13-21)42-12-11-41-24/h1-4,7-8,13-14,16,19,23H,5-6,9-12,15,17-18,20H2,(H,34,40). The molecule has 0 spiro atoms. The van der Waals surface area contributed by atoms with E-state index in [4.69, 9.17) is 35.5 Å². The molecule has 228 valence electrons. The third-order valence-electron chi connectivity index (χ3n) is 7.87. The number of piperazine rings is 1. The van der Waals surface area contributed by atoms with E-state index in [1.165, 1.54) is 0 Å². The Bertz CT molecular complexity index is 1640. The van der Waals surface area contributed by atoms with Crippen molar-refractivity contribution in [3.63, 3.8) is 0 Å². The number of nitrogens with zero attached hydrogens (tertiary/aromatic N) is 6. The molecule has 1 fully saturated rings. The molecule has 44 heavy (non-hydrogen) atoms. The Morgan fingerprint density at radius 1 is 0.932 bits per heavy atom. The van der Waals surface area contributed by atoms with Crippen LogP contribution in [0.1, 0.15) is 17.5 Å². The molecule has 1 amide bonds. The number of hydrogen-bond acceptors (Lipinski definition) is 10. The molecule has 4 aromatic rings. The maximum atomic E-state index is 13.3. The predicted octanol–water partition coefficient (Wildman–Crippen LogP) is 3.26. The van der Waals surface area contributed by atoms with Gasteiger partial charge in [-0.2, -0.15) is 4.98 Å². The van der Waals surface area contributed by atoms with Crippen LogP contribution < -0.4 is 29.2 Å². The van der Waals surface area contributed by atoms with Crippen molar-refractivity contribution < 1.29 is 23.7 Å². The number of rotatable bonds is 9. The molecule has 1 N–H and O–H groups in total. The Labute approximate surface area is 259 Å². The summed E-state index contributed by atoms with van der Waals surface area (Å²) in [6, 6.07) is 13.5. The van der Waals surface area contributed by atoms with Crippen LogP contribution in [-0.4, -0.2) is 82.6 Å². The summed E-state index contributed by atoms with van der Waals surface area (Å²) in [4.78, 5) is 31.1. The molecule has 1 unspecified atom stereocenters. The Kier molecular flexibility index (Phi) is 8.08. The van der Waals surface area contributed by atoms with E-state index in [1.54, 1.807) is 29.4 Å². The van der Waals surface area contributed by atoms with Crippen molar-refractivity contribution in [2.75, 3.05) is 51.1 Å². The number of hydrogen-bond donors (Lipinski definition) is 1. The molecule has 2 aromatic heterocycles. The van der Waals surface area contributed by atoms with E-state index in [-0.39, 0.29) is 18.7 Å². The number of benzene rings is 2. The Morgan fingerprint density at radius 3 is 2.57 bits per heavy atom. The third-order valence-corrected chi connectivity index (χ3v) is 8.07. The van der Waals surface area contributed by atoms with E-state index < -0.39 is 0 Å². The van der Waals surface area contributed by atoms with E-state index in [0.717, 1.165) is 47.2 Å². The van der Waals surface area contributed by atoms with Gasteiger partial charge < -0.3 is 29.2 Å². The zero-order valence-corrected chi connectivity index (χ0v) is 24.8. The lowest BCUT2D eigenvalue weighted by Gasteiger charge is -2.42. The van der Waals surface area contributed by atoms with Gasteiger partial charge in [-0.1, -0.05) is 23.7 Å². The van der Waals surface area contributed by atoms with Crippen LogP contribution in [0.15, 0.2) is 61.2 Å². The normalized spacial score (nSPS) is 17.5. The molecule has 3 aliphatic heterocycles. The highest BCUT2D eigenvalue weighted by molar-refractivity contribution is 6.29. The lowest BCUT2D eigenvalue weighted by atomic mass is 10.1. The molecule has 1 saturated heterocycles. The molecule has 13 heteroatoms. The first-order chi connectivity index (χ1) is 21.6. The summed E-state index contributed by atoms with van der Waals surface area (Å²) in [6.45, 7) is 4.67. The van der Waals surface area contributed by atoms with Gasteiger partial charge in [0.15, 0.2) is 23.0 Å². The molecule has 0 saturated carbocycles. The van der Waals surface area contributed by atoms with Crippen molar-refractivity contribution in [2.45, 2.75) is 25.4 Å². The van der Waals surface area contributed by atoms with Gasteiger partial charge in [-0.25, -0.2) is 9.97 Å². The van der Waals surface area contributed by atoms with Crippen molar-refractivity contribution in [2.24, 2.45) is 0 Å². The number of fused-ring (bicyclic) bond motifs is 2. The van der Waals surface area contributed by atoms with Gasteiger partial charge in [0.2, 0.25) is 18.6 Å². The Balaban J connectivity index is 1.05. The monoisotopic (exact) mass is 617 g/mol. The minimum absolute atomic E-state index is 0.0301. The molecule has 12 nitrogen and oxygen atoms in total. The van der Waals surface area contributed by atoms with Crippen LogP contribution in [0.3, 0.4) is 0 Å². The summed E-state index contributed by atoms with van der Waals surface area (Å²) in [6.07, 6.45) is 6.04. The van der Waals surface area contributed by atoms with Crippen molar-refractivity contribution in [1.82, 2.24) is 29.7 Å². The minimum Gasteiger partial charge on any atom is -0.486 e. The van der Waals surface area contributed by atoms with Crippen LogP contribution in [0.25, 0.3) is 5.95 Å². The van der Waals surface area contributed by atoms with Gasteiger partial charge in [0.05, 0.1) is 6.04 Å². The zero-order chi connectivity index (χ0) is 29.9. The summed E-state index contributed by atoms with van der Waals surface area (Å²) >= 11 is 6.45.